The Kier molecular flexibility index (Phi) is 14.8. The number of carbonyl (C=O) groups excluding carboxylic acids is 1. The Morgan fingerprint density at radius 3 is 1.57 bits per heavy atom. The third-order valence-corrected chi connectivity index (χ3v) is 4.57. The summed E-state index contributed by atoms with van der Waals surface area (Å²) in [6.07, 6.45) is 2.89. The molecule has 0 aromatic carbocycles. The maximum atomic E-state index is 11.6. The fourth-order valence-corrected chi connectivity index (χ4v) is 2.92. The van der Waals surface area contributed by atoms with Gasteiger partial charge >= 0.3 is 5.97 Å². The summed E-state index contributed by atoms with van der Waals surface area (Å²) in [7, 11) is 1.83. The summed E-state index contributed by atoms with van der Waals surface area (Å²) in [5.74, 6) is -0.259. The molecule has 0 aromatic heterocycles. The molecule has 0 aliphatic rings. The molecule has 28 heavy (non-hydrogen) atoms. The molecule has 0 radical (unpaired) electrons. The first-order valence-electron chi connectivity index (χ1n) is 10.6. The van der Waals surface area contributed by atoms with Gasteiger partial charge in [0.05, 0.1) is 24.4 Å². The number of esters is 1. The lowest BCUT2D eigenvalue weighted by Gasteiger charge is -2.20. The van der Waals surface area contributed by atoms with Crippen LogP contribution in [0.1, 0.15) is 85.0 Å². The van der Waals surface area contributed by atoms with Crippen molar-refractivity contribution in [1.82, 2.24) is 5.32 Å². The van der Waals surface area contributed by atoms with E-state index < -0.39 is 30.0 Å². The number of nitrogens with one attached hydrogen (secondary N) is 1. The Bertz CT molecular complexity index is 399. The molecule has 0 aliphatic carbocycles. The van der Waals surface area contributed by atoms with Crippen LogP contribution in [-0.4, -0.2) is 70.0 Å². The van der Waals surface area contributed by atoms with Gasteiger partial charge in [-0.25, -0.2) is 0 Å². The fraction of sp³-hybridized carbons (Fsp3) is 0.952. The van der Waals surface area contributed by atoms with Crippen LogP contribution in [0.3, 0.4) is 0 Å². The van der Waals surface area contributed by atoms with Crippen molar-refractivity contribution in [2.24, 2.45) is 0 Å². The summed E-state index contributed by atoms with van der Waals surface area (Å²) in [6, 6.07) is 0. The van der Waals surface area contributed by atoms with Crippen LogP contribution in [-0.2, 0) is 9.53 Å². The van der Waals surface area contributed by atoms with Gasteiger partial charge in [0.15, 0.2) is 0 Å². The van der Waals surface area contributed by atoms with Crippen molar-refractivity contribution in [2.75, 3.05) is 13.6 Å². The second-order valence-electron chi connectivity index (χ2n) is 8.72. The lowest BCUT2D eigenvalue weighted by molar-refractivity contribution is -0.155. The minimum Gasteiger partial charge on any atom is -0.460 e. The maximum absolute atomic E-state index is 11.6. The zero-order valence-electron chi connectivity index (χ0n) is 18.2. The molecule has 7 heteroatoms. The lowest BCUT2D eigenvalue weighted by atomic mass is 9.99. The smallest absolute Gasteiger partial charge is 0.306 e. The summed E-state index contributed by atoms with van der Waals surface area (Å²) >= 11 is 0. The molecule has 5 N–H and O–H groups in total. The van der Waals surface area contributed by atoms with Crippen molar-refractivity contribution < 1.29 is 30.0 Å². The quantitative estimate of drug-likeness (QED) is 0.249. The molecule has 0 spiro atoms. The first kappa shape index (κ1) is 27.3. The molecule has 0 heterocycles. The highest BCUT2D eigenvalue weighted by molar-refractivity contribution is 5.69. The molecule has 168 valence electrons. The van der Waals surface area contributed by atoms with Crippen molar-refractivity contribution >= 4 is 5.97 Å². The largest absolute Gasteiger partial charge is 0.460 e. The number of carbonyl (C=O) groups is 1. The van der Waals surface area contributed by atoms with Crippen molar-refractivity contribution in [1.29, 1.82) is 0 Å². The molecule has 0 rings (SSSR count). The first-order valence-corrected chi connectivity index (χ1v) is 10.6. The van der Waals surface area contributed by atoms with Crippen molar-refractivity contribution in [2.45, 2.75) is 115 Å². The maximum Gasteiger partial charge on any atom is 0.306 e. The summed E-state index contributed by atoms with van der Waals surface area (Å²) in [6.45, 7) is 6.22. The van der Waals surface area contributed by atoms with Crippen LogP contribution in [0, 0.1) is 0 Å². The average Bonchev–Trinajstić information content (AvgIpc) is 2.59. The molecule has 7 nitrogen and oxygen atoms in total. The number of aliphatic hydroxyl groups excluding tert-OH is 4. The highest BCUT2D eigenvalue weighted by Gasteiger charge is 2.17. The van der Waals surface area contributed by atoms with Crippen LogP contribution in [0.25, 0.3) is 0 Å². The highest BCUT2D eigenvalue weighted by atomic mass is 16.6. The Labute approximate surface area is 170 Å². The van der Waals surface area contributed by atoms with Crippen molar-refractivity contribution in [3.63, 3.8) is 0 Å². The van der Waals surface area contributed by atoms with Crippen LogP contribution in [0.2, 0.25) is 0 Å². The van der Waals surface area contributed by atoms with E-state index in [1.165, 1.54) is 0 Å². The fourth-order valence-electron chi connectivity index (χ4n) is 2.92. The first-order chi connectivity index (χ1) is 13.0. The van der Waals surface area contributed by atoms with Gasteiger partial charge in [0.1, 0.15) is 5.60 Å². The summed E-state index contributed by atoms with van der Waals surface area (Å²) in [5, 5.41) is 42.7. The molecule has 0 amide bonds. The monoisotopic (exact) mass is 405 g/mol. The standard InChI is InChI=1S/C21H43NO6/c1-21(2,3)28-20(27)7-5-6-16(23)8-9-17(24)10-11-18(25)12-13-19(26)14-15-22-4/h16-19,22-26H,5-15H2,1-4H3. The van der Waals surface area contributed by atoms with Gasteiger partial charge in [-0.15, -0.1) is 0 Å². The van der Waals surface area contributed by atoms with Gasteiger partial charge in [-0.3, -0.25) is 4.79 Å². The Balaban J connectivity index is 3.76. The van der Waals surface area contributed by atoms with E-state index in [-0.39, 0.29) is 12.4 Å². The molecule has 0 fully saturated rings. The van der Waals surface area contributed by atoms with Gasteiger partial charge < -0.3 is 30.5 Å². The molecule has 4 atom stereocenters. The average molecular weight is 406 g/mol. The molecular formula is C21H43NO6. The summed E-state index contributed by atoms with van der Waals surface area (Å²) in [5.41, 5.74) is -0.491. The third-order valence-electron chi connectivity index (χ3n) is 4.57. The zero-order chi connectivity index (χ0) is 21.6. The lowest BCUT2D eigenvalue weighted by Crippen LogP contribution is -2.24. The molecule has 0 aliphatic heterocycles. The zero-order valence-corrected chi connectivity index (χ0v) is 18.2. The van der Waals surface area contributed by atoms with Gasteiger partial charge in [0.2, 0.25) is 0 Å². The summed E-state index contributed by atoms with van der Waals surface area (Å²) in [4.78, 5) is 11.6. The highest BCUT2D eigenvalue weighted by Crippen LogP contribution is 2.16. The molecule has 0 bridgehead atoms. The molecular weight excluding hydrogens is 362 g/mol. The van der Waals surface area contributed by atoms with Gasteiger partial charge in [-0.2, -0.15) is 0 Å². The molecule has 4 unspecified atom stereocenters. The number of aliphatic hydroxyl groups is 4. The predicted molar refractivity (Wildman–Crippen MR) is 110 cm³/mol. The third kappa shape index (κ3) is 17.4. The molecule has 0 saturated carbocycles. The van der Waals surface area contributed by atoms with Crippen LogP contribution in [0.15, 0.2) is 0 Å². The normalized spacial score (nSPS) is 16.4. The van der Waals surface area contributed by atoms with E-state index in [1.807, 2.05) is 27.8 Å². The van der Waals surface area contributed by atoms with Crippen molar-refractivity contribution in [3.8, 4) is 0 Å². The van der Waals surface area contributed by atoms with Crippen LogP contribution >= 0.6 is 0 Å². The topological polar surface area (TPSA) is 119 Å². The van der Waals surface area contributed by atoms with E-state index in [4.69, 9.17) is 4.74 Å². The minimum absolute atomic E-state index is 0.259. The van der Waals surface area contributed by atoms with E-state index in [2.05, 4.69) is 5.32 Å². The van der Waals surface area contributed by atoms with Crippen LogP contribution < -0.4 is 5.32 Å². The molecule has 0 aromatic rings. The van der Waals surface area contributed by atoms with Crippen LogP contribution in [0.4, 0.5) is 0 Å². The van der Waals surface area contributed by atoms with E-state index in [0.29, 0.717) is 57.8 Å². The number of rotatable bonds is 16. The van der Waals surface area contributed by atoms with Crippen LogP contribution in [0.5, 0.6) is 0 Å². The van der Waals surface area contributed by atoms with Gasteiger partial charge in [0.25, 0.3) is 0 Å². The Morgan fingerprint density at radius 2 is 1.18 bits per heavy atom. The predicted octanol–water partition coefficient (Wildman–Crippen LogP) is 1.89. The minimum atomic E-state index is -0.565. The van der Waals surface area contributed by atoms with E-state index in [1.54, 1.807) is 0 Å². The van der Waals surface area contributed by atoms with E-state index in [9.17, 15) is 25.2 Å². The van der Waals surface area contributed by atoms with Gasteiger partial charge in [-0.05, 0) is 92.2 Å². The van der Waals surface area contributed by atoms with Crippen molar-refractivity contribution in [3.05, 3.63) is 0 Å². The second kappa shape index (κ2) is 15.2. The van der Waals surface area contributed by atoms with Gasteiger partial charge in [-0.1, -0.05) is 0 Å². The number of ether oxygens (including phenoxy) is 1. The van der Waals surface area contributed by atoms with E-state index in [0.717, 1.165) is 6.54 Å². The SMILES string of the molecule is CNCCC(O)CCC(O)CCC(O)CCC(O)CCCC(=O)OC(C)(C)C. The Morgan fingerprint density at radius 1 is 0.786 bits per heavy atom. The number of hydrogen-bond donors (Lipinski definition) is 5. The van der Waals surface area contributed by atoms with Gasteiger partial charge in [0, 0.05) is 6.42 Å². The summed E-state index contributed by atoms with van der Waals surface area (Å²) < 4.78 is 5.22. The molecule has 0 saturated heterocycles. The number of hydrogen-bond acceptors (Lipinski definition) is 7. The Hall–Kier alpha value is -0.730. The second-order valence-corrected chi connectivity index (χ2v) is 8.72. The van der Waals surface area contributed by atoms with E-state index >= 15 is 0 Å².